The molecule has 1 heterocycles. The van der Waals surface area contributed by atoms with Crippen LogP contribution in [-0.2, 0) is 11.2 Å². The van der Waals surface area contributed by atoms with Crippen LogP contribution in [0.1, 0.15) is 62.2 Å². The first-order valence-corrected chi connectivity index (χ1v) is 7.83. The van der Waals surface area contributed by atoms with E-state index < -0.39 is 0 Å². The van der Waals surface area contributed by atoms with Crippen LogP contribution in [0.15, 0.2) is 18.2 Å². The molecule has 1 aliphatic carbocycles. The number of rotatable bonds is 3. The van der Waals surface area contributed by atoms with Crippen molar-refractivity contribution in [2.75, 3.05) is 5.32 Å². The van der Waals surface area contributed by atoms with Crippen molar-refractivity contribution in [2.24, 2.45) is 5.92 Å². The number of nitrogens with one attached hydrogen (secondary N) is 1. The minimum atomic E-state index is -0.360. The van der Waals surface area contributed by atoms with Crippen molar-refractivity contribution in [3.8, 4) is 0 Å². The number of anilines is 1. The average Bonchev–Trinajstić information content (AvgIpc) is 2.47. The van der Waals surface area contributed by atoms with E-state index in [2.05, 4.69) is 11.4 Å². The van der Waals surface area contributed by atoms with Crippen LogP contribution in [0.25, 0.3) is 0 Å². The van der Waals surface area contributed by atoms with Crippen LogP contribution < -0.4 is 5.32 Å². The third-order valence-electron chi connectivity index (χ3n) is 4.69. The predicted molar refractivity (Wildman–Crippen MR) is 79.5 cm³/mol. The summed E-state index contributed by atoms with van der Waals surface area (Å²) in [6.07, 6.45) is 8.36. The van der Waals surface area contributed by atoms with Gasteiger partial charge in [-0.05, 0) is 36.0 Å². The molecule has 0 spiro atoms. The number of carbonyl (C=O) groups is 1. The molecule has 20 heavy (non-hydrogen) atoms. The van der Waals surface area contributed by atoms with E-state index in [0.29, 0.717) is 12.3 Å². The molecule has 3 heteroatoms. The molecule has 2 N–H and O–H groups in total. The van der Waals surface area contributed by atoms with Crippen molar-refractivity contribution in [3.63, 3.8) is 0 Å². The van der Waals surface area contributed by atoms with Gasteiger partial charge in [0.05, 0.1) is 6.10 Å². The first-order valence-electron chi connectivity index (χ1n) is 7.83. The van der Waals surface area contributed by atoms with E-state index in [1.54, 1.807) is 0 Å². The maximum Gasteiger partial charge on any atom is 0.224 e. The molecule has 1 amide bonds. The highest BCUT2D eigenvalue weighted by atomic mass is 16.3. The average molecular weight is 273 g/mol. The Morgan fingerprint density at radius 3 is 2.80 bits per heavy atom. The van der Waals surface area contributed by atoms with E-state index in [-0.39, 0.29) is 12.0 Å². The van der Waals surface area contributed by atoms with Gasteiger partial charge in [-0.25, -0.2) is 0 Å². The molecule has 0 saturated heterocycles. The molecule has 2 aliphatic rings. The van der Waals surface area contributed by atoms with Crippen molar-refractivity contribution < 1.29 is 9.90 Å². The van der Waals surface area contributed by atoms with Crippen LogP contribution in [0.4, 0.5) is 5.69 Å². The van der Waals surface area contributed by atoms with Gasteiger partial charge in [0.25, 0.3) is 0 Å². The zero-order valence-corrected chi connectivity index (χ0v) is 11.9. The SMILES string of the molecule is O=C1CCc2cc(C(O)CC3CCCCC3)ccc2N1. The molecular weight excluding hydrogens is 250 g/mol. The molecule has 1 aromatic carbocycles. The van der Waals surface area contributed by atoms with Crippen molar-refractivity contribution in [2.45, 2.75) is 57.5 Å². The fourth-order valence-electron chi connectivity index (χ4n) is 3.49. The van der Waals surface area contributed by atoms with Crippen LogP contribution in [0.3, 0.4) is 0 Å². The summed E-state index contributed by atoms with van der Waals surface area (Å²) in [7, 11) is 0. The molecule has 1 atom stereocenters. The minimum Gasteiger partial charge on any atom is -0.388 e. The number of aryl methyl sites for hydroxylation is 1. The number of aliphatic hydroxyl groups excluding tert-OH is 1. The van der Waals surface area contributed by atoms with Gasteiger partial charge in [0.15, 0.2) is 0 Å². The predicted octanol–water partition coefficient (Wildman–Crippen LogP) is 3.58. The Balaban J connectivity index is 1.68. The molecule has 1 saturated carbocycles. The highest BCUT2D eigenvalue weighted by Gasteiger charge is 2.20. The maximum absolute atomic E-state index is 11.3. The number of benzene rings is 1. The summed E-state index contributed by atoms with van der Waals surface area (Å²) in [5.41, 5.74) is 3.07. The van der Waals surface area contributed by atoms with Crippen molar-refractivity contribution in [1.82, 2.24) is 0 Å². The number of carbonyl (C=O) groups excluding carboxylic acids is 1. The number of amides is 1. The Kier molecular flexibility index (Phi) is 4.06. The highest BCUT2D eigenvalue weighted by Crippen LogP contribution is 2.33. The lowest BCUT2D eigenvalue weighted by atomic mass is 9.84. The summed E-state index contributed by atoms with van der Waals surface area (Å²) in [5, 5.41) is 13.3. The summed E-state index contributed by atoms with van der Waals surface area (Å²) in [4.78, 5) is 11.3. The lowest BCUT2D eigenvalue weighted by Crippen LogP contribution is -2.19. The fourth-order valence-corrected chi connectivity index (χ4v) is 3.49. The van der Waals surface area contributed by atoms with Crippen LogP contribution in [0.5, 0.6) is 0 Å². The minimum absolute atomic E-state index is 0.0907. The number of hydrogen-bond donors (Lipinski definition) is 2. The Labute approximate surface area is 120 Å². The Bertz CT molecular complexity index is 492. The standard InChI is InChI=1S/C17H23NO2/c19-16(10-12-4-2-1-3-5-12)14-6-8-15-13(11-14)7-9-17(20)18-15/h6,8,11-12,16,19H,1-5,7,9-10H2,(H,18,20). The van der Waals surface area contributed by atoms with Crippen molar-refractivity contribution in [1.29, 1.82) is 0 Å². The van der Waals surface area contributed by atoms with Gasteiger partial charge in [-0.1, -0.05) is 44.2 Å². The third kappa shape index (κ3) is 3.04. The second kappa shape index (κ2) is 5.96. The first kappa shape index (κ1) is 13.6. The van der Waals surface area contributed by atoms with Gasteiger partial charge in [-0.2, -0.15) is 0 Å². The molecule has 0 bridgehead atoms. The second-order valence-corrected chi connectivity index (χ2v) is 6.22. The van der Waals surface area contributed by atoms with Crippen LogP contribution >= 0.6 is 0 Å². The lowest BCUT2D eigenvalue weighted by molar-refractivity contribution is -0.116. The topological polar surface area (TPSA) is 49.3 Å². The van der Waals surface area contributed by atoms with E-state index in [1.807, 2.05) is 12.1 Å². The van der Waals surface area contributed by atoms with E-state index >= 15 is 0 Å². The van der Waals surface area contributed by atoms with Gasteiger partial charge >= 0.3 is 0 Å². The molecule has 0 aromatic heterocycles. The number of fused-ring (bicyclic) bond motifs is 1. The van der Waals surface area contributed by atoms with Gasteiger partial charge in [0.2, 0.25) is 5.91 Å². The maximum atomic E-state index is 11.3. The summed E-state index contributed by atoms with van der Waals surface area (Å²) >= 11 is 0. The largest absolute Gasteiger partial charge is 0.388 e. The Morgan fingerprint density at radius 2 is 2.00 bits per heavy atom. The van der Waals surface area contributed by atoms with Gasteiger partial charge < -0.3 is 10.4 Å². The van der Waals surface area contributed by atoms with E-state index in [1.165, 1.54) is 32.1 Å². The van der Waals surface area contributed by atoms with Gasteiger partial charge in [0, 0.05) is 12.1 Å². The smallest absolute Gasteiger partial charge is 0.224 e. The molecule has 1 unspecified atom stereocenters. The molecule has 1 aliphatic heterocycles. The van der Waals surface area contributed by atoms with Crippen molar-refractivity contribution in [3.05, 3.63) is 29.3 Å². The van der Waals surface area contributed by atoms with Crippen LogP contribution in [-0.4, -0.2) is 11.0 Å². The summed E-state index contributed by atoms with van der Waals surface area (Å²) in [6, 6.07) is 5.96. The molecule has 3 nitrogen and oxygen atoms in total. The second-order valence-electron chi connectivity index (χ2n) is 6.22. The molecule has 1 aromatic rings. The van der Waals surface area contributed by atoms with Crippen LogP contribution in [0, 0.1) is 5.92 Å². The van der Waals surface area contributed by atoms with Crippen molar-refractivity contribution >= 4 is 11.6 Å². The summed E-state index contributed by atoms with van der Waals surface area (Å²) in [6.45, 7) is 0. The van der Waals surface area contributed by atoms with Gasteiger partial charge in [-0.15, -0.1) is 0 Å². The quantitative estimate of drug-likeness (QED) is 0.884. The molecule has 0 radical (unpaired) electrons. The molecule has 108 valence electrons. The highest BCUT2D eigenvalue weighted by molar-refractivity contribution is 5.93. The fraction of sp³-hybridized carbons (Fsp3) is 0.588. The third-order valence-corrected chi connectivity index (χ3v) is 4.69. The summed E-state index contributed by atoms with van der Waals surface area (Å²) in [5.74, 6) is 0.766. The number of hydrogen-bond acceptors (Lipinski definition) is 2. The first-order chi connectivity index (χ1) is 9.72. The molecular formula is C17H23NO2. The van der Waals surface area contributed by atoms with E-state index in [4.69, 9.17) is 0 Å². The monoisotopic (exact) mass is 273 g/mol. The van der Waals surface area contributed by atoms with Gasteiger partial charge in [-0.3, -0.25) is 4.79 Å². The Morgan fingerprint density at radius 1 is 1.20 bits per heavy atom. The van der Waals surface area contributed by atoms with Crippen LogP contribution in [0.2, 0.25) is 0 Å². The van der Waals surface area contributed by atoms with E-state index in [9.17, 15) is 9.90 Å². The van der Waals surface area contributed by atoms with Gasteiger partial charge in [0.1, 0.15) is 0 Å². The zero-order chi connectivity index (χ0) is 13.9. The molecule has 1 fully saturated rings. The normalized spacial score (nSPS) is 21.1. The Hall–Kier alpha value is -1.35. The zero-order valence-electron chi connectivity index (χ0n) is 11.9. The lowest BCUT2D eigenvalue weighted by Gasteiger charge is -2.25. The number of aliphatic hydroxyl groups is 1. The van der Waals surface area contributed by atoms with E-state index in [0.717, 1.165) is 29.7 Å². The summed E-state index contributed by atoms with van der Waals surface area (Å²) < 4.78 is 0. The molecule has 3 rings (SSSR count).